The molecule has 0 heterocycles. The number of amides is 2. The quantitative estimate of drug-likeness (QED) is 0.703. The zero-order valence-corrected chi connectivity index (χ0v) is 16.0. The standard InChI is InChI=1S/C21H23N3O4/c1-15(21(27)24(2)12-6-11-22)28-20(26)14-23-19(25)13-17-9-5-8-16-7-3-4-10-18(16)17/h3-5,7-10,15H,6,12-14H2,1-2H3,(H,23,25)/t15-/m1/s1. The summed E-state index contributed by atoms with van der Waals surface area (Å²) in [6.45, 7) is 1.41. The number of hydrogen-bond acceptors (Lipinski definition) is 5. The van der Waals surface area contributed by atoms with Crippen LogP contribution in [0.5, 0.6) is 0 Å². The van der Waals surface area contributed by atoms with E-state index >= 15 is 0 Å². The first kappa shape index (κ1) is 20.9. The van der Waals surface area contributed by atoms with E-state index in [4.69, 9.17) is 10.00 Å². The number of fused-ring (bicyclic) bond motifs is 1. The van der Waals surface area contributed by atoms with Crippen LogP contribution in [-0.4, -0.2) is 48.9 Å². The molecular formula is C21H23N3O4. The van der Waals surface area contributed by atoms with Gasteiger partial charge in [0.1, 0.15) is 6.54 Å². The molecule has 2 rings (SSSR count). The number of nitriles is 1. The van der Waals surface area contributed by atoms with Gasteiger partial charge < -0.3 is 15.0 Å². The average molecular weight is 381 g/mol. The number of esters is 1. The Labute approximate surface area is 163 Å². The van der Waals surface area contributed by atoms with E-state index in [2.05, 4.69) is 5.32 Å². The first-order valence-corrected chi connectivity index (χ1v) is 8.97. The van der Waals surface area contributed by atoms with E-state index in [9.17, 15) is 14.4 Å². The number of nitrogens with zero attached hydrogens (tertiary/aromatic N) is 2. The minimum absolute atomic E-state index is 0.139. The fraction of sp³-hybridized carbons (Fsp3) is 0.333. The molecule has 0 radical (unpaired) electrons. The highest BCUT2D eigenvalue weighted by Gasteiger charge is 2.21. The van der Waals surface area contributed by atoms with Gasteiger partial charge in [-0.2, -0.15) is 5.26 Å². The Balaban J connectivity index is 1.83. The van der Waals surface area contributed by atoms with Crippen LogP contribution in [0.4, 0.5) is 0 Å². The Kier molecular flexibility index (Phi) is 7.52. The Morgan fingerprint density at radius 3 is 2.64 bits per heavy atom. The van der Waals surface area contributed by atoms with E-state index in [1.165, 1.54) is 18.9 Å². The summed E-state index contributed by atoms with van der Waals surface area (Å²) in [6, 6.07) is 15.4. The molecule has 0 aliphatic carbocycles. The zero-order chi connectivity index (χ0) is 20.5. The van der Waals surface area contributed by atoms with Crippen molar-refractivity contribution < 1.29 is 19.1 Å². The van der Waals surface area contributed by atoms with Gasteiger partial charge in [-0.15, -0.1) is 0 Å². The second-order valence-electron chi connectivity index (χ2n) is 6.39. The lowest BCUT2D eigenvalue weighted by Crippen LogP contribution is -2.40. The highest BCUT2D eigenvalue weighted by molar-refractivity contribution is 5.91. The summed E-state index contributed by atoms with van der Waals surface area (Å²) in [5.41, 5.74) is 0.867. The summed E-state index contributed by atoms with van der Waals surface area (Å²) in [4.78, 5) is 37.5. The van der Waals surface area contributed by atoms with Crippen molar-refractivity contribution in [2.75, 3.05) is 20.1 Å². The molecule has 0 aliphatic heterocycles. The number of likely N-dealkylation sites (N-methyl/N-ethyl adjacent to an activating group) is 1. The van der Waals surface area contributed by atoms with Gasteiger partial charge in [-0.25, -0.2) is 0 Å². The van der Waals surface area contributed by atoms with Crippen LogP contribution in [0.15, 0.2) is 42.5 Å². The normalized spacial score (nSPS) is 11.3. The van der Waals surface area contributed by atoms with Gasteiger partial charge in [0, 0.05) is 13.6 Å². The van der Waals surface area contributed by atoms with Gasteiger partial charge >= 0.3 is 5.97 Å². The molecule has 0 unspecified atom stereocenters. The Bertz CT molecular complexity index is 899. The first-order valence-electron chi connectivity index (χ1n) is 8.97. The second-order valence-corrected chi connectivity index (χ2v) is 6.39. The van der Waals surface area contributed by atoms with Crippen molar-refractivity contribution in [2.45, 2.75) is 25.9 Å². The third kappa shape index (κ3) is 5.81. The van der Waals surface area contributed by atoms with Crippen LogP contribution in [0.3, 0.4) is 0 Å². The molecule has 0 saturated carbocycles. The molecule has 7 heteroatoms. The van der Waals surface area contributed by atoms with Crippen molar-refractivity contribution in [3.63, 3.8) is 0 Å². The summed E-state index contributed by atoms with van der Waals surface area (Å²) < 4.78 is 5.06. The molecule has 146 valence electrons. The highest BCUT2D eigenvalue weighted by atomic mass is 16.5. The van der Waals surface area contributed by atoms with Crippen LogP contribution >= 0.6 is 0 Å². The van der Waals surface area contributed by atoms with Crippen LogP contribution in [0.25, 0.3) is 10.8 Å². The van der Waals surface area contributed by atoms with E-state index in [0.717, 1.165) is 16.3 Å². The van der Waals surface area contributed by atoms with E-state index in [0.29, 0.717) is 0 Å². The molecule has 7 nitrogen and oxygen atoms in total. The summed E-state index contributed by atoms with van der Waals surface area (Å²) in [5.74, 6) is -1.40. The van der Waals surface area contributed by atoms with E-state index in [-0.39, 0.29) is 31.8 Å². The van der Waals surface area contributed by atoms with Gasteiger partial charge in [0.05, 0.1) is 18.9 Å². The van der Waals surface area contributed by atoms with Gasteiger partial charge in [-0.05, 0) is 23.3 Å². The van der Waals surface area contributed by atoms with Gasteiger partial charge in [-0.3, -0.25) is 14.4 Å². The van der Waals surface area contributed by atoms with Crippen LogP contribution in [0, 0.1) is 11.3 Å². The van der Waals surface area contributed by atoms with E-state index in [1.807, 2.05) is 48.5 Å². The van der Waals surface area contributed by atoms with Crippen molar-refractivity contribution in [1.82, 2.24) is 10.2 Å². The van der Waals surface area contributed by atoms with E-state index in [1.54, 1.807) is 0 Å². The third-order valence-corrected chi connectivity index (χ3v) is 4.25. The van der Waals surface area contributed by atoms with Crippen molar-refractivity contribution in [1.29, 1.82) is 5.26 Å². The molecule has 0 aliphatic rings. The first-order chi connectivity index (χ1) is 13.4. The molecule has 28 heavy (non-hydrogen) atoms. The topological polar surface area (TPSA) is 99.5 Å². The minimum atomic E-state index is -0.980. The summed E-state index contributed by atoms with van der Waals surface area (Å²) in [6.07, 6.45) is -0.640. The van der Waals surface area contributed by atoms with Crippen LogP contribution in [0.1, 0.15) is 18.9 Å². The van der Waals surface area contributed by atoms with Gasteiger partial charge in [0.15, 0.2) is 6.10 Å². The molecule has 0 aromatic heterocycles. The van der Waals surface area contributed by atoms with Gasteiger partial charge in [0.2, 0.25) is 5.91 Å². The van der Waals surface area contributed by atoms with Crippen LogP contribution in [0.2, 0.25) is 0 Å². The maximum absolute atomic E-state index is 12.2. The molecular weight excluding hydrogens is 358 g/mol. The molecule has 0 bridgehead atoms. The minimum Gasteiger partial charge on any atom is -0.451 e. The SMILES string of the molecule is C[C@@H](OC(=O)CNC(=O)Cc1cccc2ccccc12)C(=O)N(C)CCC#N. The third-order valence-electron chi connectivity index (χ3n) is 4.25. The predicted octanol–water partition coefficient (Wildman–Crippen LogP) is 1.80. The molecule has 1 atom stereocenters. The monoisotopic (exact) mass is 381 g/mol. The number of ether oxygens (including phenoxy) is 1. The van der Waals surface area contributed by atoms with Crippen molar-refractivity contribution >= 4 is 28.6 Å². The fourth-order valence-electron chi connectivity index (χ4n) is 2.78. The Morgan fingerprint density at radius 2 is 1.89 bits per heavy atom. The van der Waals surface area contributed by atoms with Crippen molar-refractivity contribution in [3.05, 3.63) is 48.0 Å². The van der Waals surface area contributed by atoms with E-state index < -0.39 is 18.0 Å². The largest absolute Gasteiger partial charge is 0.451 e. The molecule has 2 amide bonds. The summed E-state index contributed by atoms with van der Waals surface area (Å²) in [5, 5.41) is 13.1. The Hall–Kier alpha value is -3.40. The molecule has 2 aromatic rings. The maximum Gasteiger partial charge on any atom is 0.326 e. The maximum atomic E-state index is 12.2. The van der Waals surface area contributed by atoms with Gasteiger partial charge in [0.25, 0.3) is 5.91 Å². The molecule has 2 aromatic carbocycles. The Morgan fingerprint density at radius 1 is 1.18 bits per heavy atom. The number of carbonyl (C=O) groups excluding carboxylic acids is 3. The second kappa shape index (κ2) is 10.1. The van der Waals surface area contributed by atoms with Crippen LogP contribution in [-0.2, 0) is 25.5 Å². The molecule has 0 fully saturated rings. The zero-order valence-electron chi connectivity index (χ0n) is 16.0. The number of hydrogen-bond donors (Lipinski definition) is 1. The average Bonchev–Trinajstić information content (AvgIpc) is 2.70. The lowest BCUT2D eigenvalue weighted by atomic mass is 10.0. The smallest absolute Gasteiger partial charge is 0.326 e. The van der Waals surface area contributed by atoms with Crippen LogP contribution < -0.4 is 5.32 Å². The fourth-order valence-corrected chi connectivity index (χ4v) is 2.78. The predicted molar refractivity (Wildman–Crippen MR) is 104 cm³/mol. The molecule has 0 spiro atoms. The lowest BCUT2D eigenvalue weighted by Gasteiger charge is -2.20. The number of nitrogens with one attached hydrogen (secondary N) is 1. The van der Waals surface area contributed by atoms with Gasteiger partial charge in [-0.1, -0.05) is 42.5 Å². The van der Waals surface area contributed by atoms with Crippen molar-refractivity contribution in [3.8, 4) is 6.07 Å². The summed E-state index contributed by atoms with van der Waals surface area (Å²) in [7, 11) is 1.54. The number of benzene rings is 2. The highest BCUT2D eigenvalue weighted by Crippen LogP contribution is 2.18. The summed E-state index contributed by atoms with van der Waals surface area (Å²) >= 11 is 0. The number of carbonyl (C=O) groups is 3. The molecule has 0 saturated heterocycles. The number of rotatable bonds is 8. The lowest BCUT2D eigenvalue weighted by molar-refractivity contribution is -0.158. The van der Waals surface area contributed by atoms with Crippen molar-refractivity contribution in [2.24, 2.45) is 0 Å². The molecule has 1 N–H and O–H groups in total.